The number of rotatable bonds is 4. The maximum absolute atomic E-state index is 11.0. The fourth-order valence-electron chi connectivity index (χ4n) is 1.65. The van der Waals surface area contributed by atoms with Crippen molar-refractivity contribution in [3.05, 3.63) is 44.2 Å². The van der Waals surface area contributed by atoms with Gasteiger partial charge in [0.2, 0.25) is 0 Å². The van der Waals surface area contributed by atoms with Crippen LogP contribution in [-0.4, -0.2) is 25.2 Å². The molecule has 1 heterocycles. The first-order chi connectivity index (χ1) is 9.02. The second-order valence-corrected chi connectivity index (χ2v) is 5.59. The highest BCUT2D eigenvalue weighted by Crippen LogP contribution is 2.29. The molecule has 0 radical (unpaired) electrons. The fourth-order valence-corrected chi connectivity index (χ4v) is 2.70. The van der Waals surface area contributed by atoms with E-state index in [2.05, 4.69) is 42.2 Å². The van der Waals surface area contributed by atoms with E-state index in [1.54, 1.807) is 19.2 Å². The molecule has 0 aliphatic rings. The number of nitro benzene ring substituents is 1. The van der Waals surface area contributed by atoms with Gasteiger partial charge in [-0.1, -0.05) is 21.1 Å². The van der Waals surface area contributed by atoms with E-state index >= 15 is 0 Å². The third-order valence-electron chi connectivity index (χ3n) is 2.60. The Morgan fingerprint density at radius 2 is 2.21 bits per heavy atom. The zero-order valence-electron chi connectivity index (χ0n) is 10.0. The molecular formula is C11H10Br2N4O2. The zero-order valence-corrected chi connectivity index (χ0v) is 13.2. The summed E-state index contributed by atoms with van der Waals surface area (Å²) in [6.45, 7) is 1.70. The van der Waals surface area contributed by atoms with E-state index in [1.165, 1.54) is 10.7 Å². The minimum Gasteiger partial charge on any atom is -0.258 e. The molecule has 0 saturated heterocycles. The molecule has 0 aliphatic heterocycles. The summed E-state index contributed by atoms with van der Waals surface area (Å²) in [6.07, 6.45) is 2.52. The van der Waals surface area contributed by atoms with Gasteiger partial charge in [0.1, 0.15) is 0 Å². The van der Waals surface area contributed by atoms with Crippen LogP contribution in [0.2, 0.25) is 0 Å². The number of nitrogens with zero attached hydrogens (tertiary/aromatic N) is 4. The second kappa shape index (κ2) is 5.79. The van der Waals surface area contributed by atoms with Crippen molar-refractivity contribution in [3.8, 4) is 5.69 Å². The van der Waals surface area contributed by atoms with Gasteiger partial charge in [0, 0.05) is 27.9 Å². The first-order valence-corrected chi connectivity index (χ1v) is 7.36. The quantitative estimate of drug-likeness (QED) is 0.457. The van der Waals surface area contributed by atoms with Crippen LogP contribution >= 0.6 is 31.9 Å². The molecular weight excluding hydrogens is 380 g/mol. The molecule has 100 valence electrons. The van der Waals surface area contributed by atoms with Gasteiger partial charge in [0.05, 0.1) is 22.5 Å². The molecule has 0 amide bonds. The topological polar surface area (TPSA) is 73.8 Å². The van der Waals surface area contributed by atoms with Crippen LogP contribution in [0.4, 0.5) is 5.69 Å². The molecule has 0 atom stereocenters. The van der Waals surface area contributed by atoms with Crippen molar-refractivity contribution in [3.63, 3.8) is 0 Å². The van der Waals surface area contributed by atoms with E-state index < -0.39 is 4.92 Å². The summed E-state index contributed by atoms with van der Waals surface area (Å²) in [7, 11) is 0. The van der Waals surface area contributed by atoms with Crippen LogP contribution in [0.5, 0.6) is 0 Å². The van der Waals surface area contributed by atoms with Crippen molar-refractivity contribution in [2.75, 3.05) is 5.33 Å². The Balaban J connectivity index is 2.48. The van der Waals surface area contributed by atoms with Crippen molar-refractivity contribution >= 4 is 37.5 Å². The number of hydrogen-bond acceptors (Lipinski definition) is 4. The van der Waals surface area contributed by atoms with Gasteiger partial charge < -0.3 is 0 Å². The lowest BCUT2D eigenvalue weighted by atomic mass is 10.2. The molecule has 1 aromatic heterocycles. The number of aryl methyl sites for hydroxylation is 2. The summed E-state index contributed by atoms with van der Waals surface area (Å²) < 4.78 is 2.28. The Morgan fingerprint density at radius 1 is 1.47 bits per heavy atom. The van der Waals surface area contributed by atoms with Crippen LogP contribution in [0, 0.1) is 17.0 Å². The highest BCUT2D eigenvalue weighted by atomic mass is 79.9. The molecule has 8 heteroatoms. The largest absolute Gasteiger partial charge is 0.274 e. The molecule has 0 N–H and O–H groups in total. The van der Waals surface area contributed by atoms with Crippen LogP contribution in [-0.2, 0) is 6.42 Å². The third kappa shape index (κ3) is 3.01. The van der Waals surface area contributed by atoms with Crippen molar-refractivity contribution in [2.45, 2.75) is 13.3 Å². The van der Waals surface area contributed by atoms with Crippen molar-refractivity contribution in [2.24, 2.45) is 0 Å². The monoisotopic (exact) mass is 388 g/mol. The van der Waals surface area contributed by atoms with Gasteiger partial charge in [-0.15, -0.1) is 5.10 Å². The molecule has 0 unspecified atom stereocenters. The molecule has 0 aliphatic carbocycles. The van der Waals surface area contributed by atoms with Crippen LogP contribution in [0.3, 0.4) is 0 Å². The van der Waals surface area contributed by atoms with Gasteiger partial charge in [-0.05, 0) is 28.9 Å². The molecule has 6 nitrogen and oxygen atoms in total. The van der Waals surface area contributed by atoms with Crippen LogP contribution in [0.25, 0.3) is 5.69 Å². The lowest BCUT2D eigenvalue weighted by Gasteiger charge is -2.05. The summed E-state index contributed by atoms with van der Waals surface area (Å²) in [6, 6.07) is 3.20. The van der Waals surface area contributed by atoms with Crippen molar-refractivity contribution in [1.29, 1.82) is 0 Å². The maximum Gasteiger partial charge on any atom is 0.274 e. The summed E-state index contributed by atoms with van der Waals surface area (Å²) in [5, 5.41) is 19.8. The van der Waals surface area contributed by atoms with Crippen LogP contribution < -0.4 is 0 Å². The third-order valence-corrected chi connectivity index (χ3v) is 3.63. The van der Waals surface area contributed by atoms with Gasteiger partial charge in [-0.25, -0.2) is 4.68 Å². The number of aromatic nitrogens is 3. The Morgan fingerprint density at radius 3 is 2.84 bits per heavy atom. The first-order valence-electron chi connectivity index (χ1n) is 5.45. The van der Waals surface area contributed by atoms with Crippen LogP contribution in [0.15, 0.2) is 22.8 Å². The molecule has 0 bridgehead atoms. The Labute approximate surface area is 126 Å². The summed E-state index contributed by atoms with van der Waals surface area (Å²) >= 11 is 6.73. The molecule has 0 fully saturated rings. The minimum atomic E-state index is -0.401. The molecule has 0 spiro atoms. The summed E-state index contributed by atoms with van der Waals surface area (Å²) in [5.74, 6) is 0. The van der Waals surface area contributed by atoms with Crippen molar-refractivity contribution < 1.29 is 4.92 Å². The Bertz CT molecular complexity index is 627. The predicted octanol–water partition coefficient (Wildman–Crippen LogP) is 3.18. The van der Waals surface area contributed by atoms with E-state index in [0.29, 0.717) is 11.3 Å². The second-order valence-electron chi connectivity index (χ2n) is 3.94. The molecule has 0 saturated carbocycles. The number of alkyl halides is 1. The number of benzene rings is 1. The zero-order chi connectivity index (χ0) is 14.0. The molecule has 2 aromatic rings. The summed E-state index contributed by atoms with van der Waals surface area (Å²) in [4.78, 5) is 10.6. The van der Waals surface area contributed by atoms with E-state index in [0.717, 1.165) is 21.9 Å². The Kier molecular flexibility index (Phi) is 4.31. The standard InChI is InChI=1S/C11H10Br2N4O2/c1-7-4-9(13)11(5-10(7)17(18)19)16-6-8(2-3-12)14-15-16/h4-6H,2-3H2,1H3. The molecule has 19 heavy (non-hydrogen) atoms. The number of nitro groups is 1. The van der Waals surface area contributed by atoms with Gasteiger partial charge in [-0.3, -0.25) is 10.1 Å². The van der Waals surface area contributed by atoms with Crippen LogP contribution in [0.1, 0.15) is 11.3 Å². The van der Waals surface area contributed by atoms with Gasteiger partial charge >= 0.3 is 0 Å². The van der Waals surface area contributed by atoms with E-state index in [4.69, 9.17) is 0 Å². The summed E-state index contributed by atoms with van der Waals surface area (Å²) in [5.41, 5.74) is 2.09. The van der Waals surface area contributed by atoms with E-state index in [9.17, 15) is 10.1 Å². The minimum absolute atomic E-state index is 0.0655. The van der Waals surface area contributed by atoms with Gasteiger partial charge in [0.25, 0.3) is 5.69 Å². The van der Waals surface area contributed by atoms with Crippen molar-refractivity contribution in [1.82, 2.24) is 15.0 Å². The highest BCUT2D eigenvalue weighted by molar-refractivity contribution is 9.10. The SMILES string of the molecule is Cc1cc(Br)c(-n2cc(CCBr)nn2)cc1[N+](=O)[O-]. The van der Waals surface area contributed by atoms with E-state index in [-0.39, 0.29) is 5.69 Å². The Hall–Kier alpha value is -1.28. The fraction of sp³-hybridized carbons (Fsp3) is 0.273. The smallest absolute Gasteiger partial charge is 0.258 e. The molecule has 1 aromatic carbocycles. The molecule has 2 rings (SSSR count). The normalized spacial score (nSPS) is 10.7. The van der Waals surface area contributed by atoms with Gasteiger partial charge in [0.15, 0.2) is 0 Å². The highest BCUT2D eigenvalue weighted by Gasteiger charge is 2.16. The van der Waals surface area contributed by atoms with Gasteiger partial charge in [-0.2, -0.15) is 0 Å². The lowest BCUT2D eigenvalue weighted by Crippen LogP contribution is -2.00. The average Bonchev–Trinajstić information content (AvgIpc) is 2.77. The van der Waals surface area contributed by atoms with E-state index in [1.807, 2.05) is 0 Å². The lowest BCUT2D eigenvalue weighted by molar-refractivity contribution is -0.385. The number of halogens is 2. The maximum atomic E-state index is 11.0. The predicted molar refractivity (Wildman–Crippen MR) is 77.9 cm³/mol. The number of hydrogen-bond donors (Lipinski definition) is 0. The average molecular weight is 390 g/mol. The first kappa shape index (κ1) is 14.1.